The van der Waals surface area contributed by atoms with Crippen molar-refractivity contribution in [2.75, 3.05) is 5.32 Å². The van der Waals surface area contributed by atoms with Crippen molar-refractivity contribution < 1.29 is 14.3 Å². The standard InChI is InChI=1S/C16H17N3O3/c1-16(2)21-12-7-6-9(8-13(12)22-16)17-15(20)14-10-4-3-5-11(10)18-19-14/h6-8H,3-5H2,1-2H3,(H,17,20)(H,18,19). The molecule has 0 unspecified atom stereocenters. The lowest BCUT2D eigenvalue weighted by atomic mass is 10.2. The fourth-order valence-corrected chi connectivity index (χ4v) is 3.00. The lowest BCUT2D eigenvalue weighted by Crippen LogP contribution is -2.29. The second-order valence-electron chi connectivity index (χ2n) is 6.10. The summed E-state index contributed by atoms with van der Waals surface area (Å²) in [5.41, 5.74) is 3.28. The summed E-state index contributed by atoms with van der Waals surface area (Å²) in [5.74, 6) is 0.449. The summed E-state index contributed by atoms with van der Waals surface area (Å²) in [6.45, 7) is 3.69. The summed E-state index contributed by atoms with van der Waals surface area (Å²) in [6.07, 6.45) is 2.95. The van der Waals surface area contributed by atoms with E-state index in [1.165, 1.54) is 0 Å². The van der Waals surface area contributed by atoms with Crippen molar-refractivity contribution in [3.05, 3.63) is 35.2 Å². The van der Waals surface area contributed by atoms with Gasteiger partial charge in [0.1, 0.15) is 0 Å². The predicted molar refractivity (Wildman–Crippen MR) is 80.3 cm³/mol. The molecule has 4 rings (SSSR count). The van der Waals surface area contributed by atoms with Gasteiger partial charge in [-0.3, -0.25) is 9.89 Å². The highest BCUT2D eigenvalue weighted by molar-refractivity contribution is 6.04. The number of ether oxygens (including phenoxy) is 2. The SMILES string of the molecule is CC1(C)Oc2ccc(NC(=O)c3n[nH]c4c3CCC4)cc2O1. The molecular weight excluding hydrogens is 282 g/mol. The van der Waals surface area contributed by atoms with E-state index in [0.717, 1.165) is 30.5 Å². The van der Waals surface area contributed by atoms with E-state index in [0.29, 0.717) is 22.9 Å². The highest BCUT2D eigenvalue weighted by Crippen LogP contribution is 2.40. The van der Waals surface area contributed by atoms with Gasteiger partial charge in [0.25, 0.3) is 5.91 Å². The molecule has 114 valence electrons. The third kappa shape index (κ3) is 2.11. The van der Waals surface area contributed by atoms with Gasteiger partial charge < -0.3 is 14.8 Å². The molecule has 1 aromatic carbocycles. The summed E-state index contributed by atoms with van der Waals surface area (Å²) < 4.78 is 11.3. The molecule has 0 saturated carbocycles. The number of hydrogen-bond donors (Lipinski definition) is 2. The van der Waals surface area contributed by atoms with Gasteiger partial charge in [-0.1, -0.05) is 0 Å². The summed E-state index contributed by atoms with van der Waals surface area (Å²) in [6, 6.07) is 5.37. The van der Waals surface area contributed by atoms with Crippen molar-refractivity contribution in [3.8, 4) is 11.5 Å². The van der Waals surface area contributed by atoms with Crippen molar-refractivity contribution in [3.63, 3.8) is 0 Å². The van der Waals surface area contributed by atoms with E-state index in [1.807, 2.05) is 13.8 Å². The Morgan fingerprint density at radius 1 is 1.27 bits per heavy atom. The van der Waals surface area contributed by atoms with Crippen molar-refractivity contribution in [1.82, 2.24) is 10.2 Å². The van der Waals surface area contributed by atoms with Gasteiger partial charge >= 0.3 is 0 Å². The summed E-state index contributed by atoms with van der Waals surface area (Å²) in [5, 5.41) is 9.96. The smallest absolute Gasteiger partial charge is 0.276 e. The van der Waals surface area contributed by atoms with Crippen LogP contribution in [0.3, 0.4) is 0 Å². The minimum absolute atomic E-state index is 0.197. The number of hydrogen-bond acceptors (Lipinski definition) is 4. The maximum atomic E-state index is 12.4. The van der Waals surface area contributed by atoms with E-state index < -0.39 is 5.79 Å². The van der Waals surface area contributed by atoms with Crippen LogP contribution in [-0.4, -0.2) is 21.9 Å². The Balaban J connectivity index is 1.56. The summed E-state index contributed by atoms with van der Waals surface area (Å²) in [4.78, 5) is 12.4. The molecule has 0 atom stereocenters. The maximum absolute atomic E-state index is 12.4. The first kappa shape index (κ1) is 13.2. The average Bonchev–Trinajstić information content (AvgIpc) is 3.09. The van der Waals surface area contributed by atoms with Crippen LogP contribution in [0, 0.1) is 0 Å². The van der Waals surface area contributed by atoms with Crippen molar-refractivity contribution in [1.29, 1.82) is 0 Å². The van der Waals surface area contributed by atoms with E-state index in [9.17, 15) is 4.79 Å². The van der Waals surface area contributed by atoms with Crippen molar-refractivity contribution >= 4 is 11.6 Å². The van der Waals surface area contributed by atoms with Gasteiger partial charge in [0.2, 0.25) is 5.79 Å². The minimum Gasteiger partial charge on any atom is -0.449 e. The van der Waals surface area contributed by atoms with Gasteiger partial charge in [-0.25, -0.2) is 0 Å². The average molecular weight is 299 g/mol. The molecule has 22 heavy (non-hydrogen) atoms. The molecule has 2 aliphatic rings. The molecule has 2 aromatic rings. The molecule has 6 nitrogen and oxygen atoms in total. The van der Waals surface area contributed by atoms with Crippen LogP contribution in [-0.2, 0) is 12.8 Å². The first-order valence-corrected chi connectivity index (χ1v) is 7.41. The lowest BCUT2D eigenvalue weighted by Gasteiger charge is -2.16. The molecule has 0 bridgehead atoms. The van der Waals surface area contributed by atoms with Gasteiger partial charge in [-0.2, -0.15) is 5.10 Å². The van der Waals surface area contributed by atoms with Crippen LogP contribution >= 0.6 is 0 Å². The first-order chi connectivity index (χ1) is 10.5. The number of rotatable bonds is 2. The molecule has 0 radical (unpaired) electrons. The van der Waals surface area contributed by atoms with Gasteiger partial charge in [-0.15, -0.1) is 0 Å². The molecule has 1 aromatic heterocycles. The van der Waals surface area contributed by atoms with Gasteiger partial charge in [0.05, 0.1) is 0 Å². The molecule has 6 heteroatoms. The van der Waals surface area contributed by atoms with E-state index in [2.05, 4.69) is 15.5 Å². The first-order valence-electron chi connectivity index (χ1n) is 7.41. The summed E-state index contributed by atoms with van der Waals surface area (Å²) >= 11 is 0. The molecule has 0 fully saturated rings. The number of H-pyrrole nitrogens is 1. The topological polar surface area (TPSA) is 76.2 Å². The van der Waals surface area contributed by atoms with Crippen LogP contribution in [0.25, 0.3) is 0 Å². The number of aromatic amines is 1. The van der Waals surface area contributed by atoms with Crippen LogP contribution in [0.15, 0.2) is 18.2 Å². The predicted octanol–water partition coefficient (Wildman–Crippen LogP) is 2.66. The highest BCUT2D eigenvalue weighted by atomic mass is 16.7. The van der Waals surface area contributed by atoms with Crippen molar-refractivity contribution in [2.24, 2.45) is 0 Å². The van der Waals surface area contributed by atoms with Crippen LogP contribution in [0.2, 0.25) is 0 Å². The number of carbonyl (C=O) groups excluding carboxylic acids is 1. The number of aromatic nitrogens is 2. The Kier molecular flexibility index (Phi) is 2.69. The Morgan fingerprint density at radius 2 is 2.09 bits per heavy atom. The van der Waals surface area contributed by atoms with Gasteiger partial charge in [0.15, 0.2) is 17.2 Å². The van der Waals surface area contributed by atoms with E-state index in [1.54, 1.807) is 18.2 Å². The van der Waals surface area contributed by atoms with E-state index in [-0.39, 0.29) is 5.91 Å². The van der Waals surface area contributed by atoms with Gasteiger partial charge in [0, 0.05) is 36.9 Å². The zero-order valence-corrected chi connectivity index (χ0v) is 12.5. The van der Waals surface area contributed by atoms with Crippen LogP contribution < -0.4 is 14.8 Å². The Morgan fingerprint density at radius 3 is 2.95 bits per heavy atom. The molecule has 0 spiro atoms. The van der Waals surface area contributed by atoms with E-state index in [4.69, 9.17) is 9.47 Å². The normalized spacial score (nSPS) is 17.4. The molecule has 2 N–H and O–H groups in total. The minimum atomic E-state index is -0.673. The highest BCUT2D eigenvalue weighted by Gasteiger charge is 2.32. The number of carbonyl (C=O) groups is 1. The summed E-state index contributed by atoms with van der Waals surface area (Å²) in [7, 11) is 0. The molecule has 0 saturated heterocycles. The maximum Gasteiger partial charge on any atom is 0.276 e. The third-order valence-electron chi connectivity index (χ3n) is 3.93. The molecule has 1 amide bonds. The number of nitrogens with zero attached hydrogens (tertiary/aromatic N) is 1. The Bertz CT molecular complexity index is 764. The monoisotopic (exact) mass is 299 g/mol. The zero-order chi connectivity index (χ0) is 15.3. The fourth-order valence-electron chi connectivity index (χ4n) is 3.00. The van der Waals surface area contributed by atoms with Crippen LogP contribution in [0.5, 0.6) is 11.5 Å². The van der Waals surface area contributed by atoms with Crippen LogP contribution in [0.4, 0.5) is 5.69 Å². The number of amides is 1. The Labute approximate surface area is 127 Å². The second kappa shape index (κ2) is 4.50. The molecule has 1 aliphatic carbocycles. The zero-order valence-electron chi connectivity index (χ0n) is 12.5. The third-order valence-corrected chi connectivity index (χ3v) is 3.93. The van der Waals surface area contributed by atoms with Crippen molar-refractivity contribution in [2.45, 2.75) is 38.9 Å². The number of aryl methyl sites for hydroxylation is 1. The largest absolute Gasteiger partial charge is 0.449 e. The van der Waals surface area contributed by atoms with E-state index >= 15 is 0 Å². The van der Waals surface area contributed by atoms with Crippen LogP contribution in [0.1, 0.15) is 42.0 Å². The molecular formula is C16H17N3O3. The lowest BCUT2D eigenvalue weighted by molar-refractivity contribution is -0.0431. The Hall–Kier alpha value is -2.50. The molecule has 2 heterocycles. The quantitative estimate of drug-likeness (QED) is 0.894. The van der Waals surface area contributed by atoms with Gasteiger partial charge in [-0.05, 0) is 31.4 Å². The molecule has 1 aliphatic heterocycles. The number of benzene rings is 1. The second-order valence-corrected chi connectivity index (χ2v) is 6.10. The fraction of sp³-hybridized carbons (Fsp3) is 0.375. The number of anilines is 1. The number of nitrogens with one attached hydrogen (secondary N) is 2. The number of fused-ring (bicyclic) bond motifs is 2.